The van der Waals surface area contributed by atoms with E-state index in [-0.39, 0.29) is 18.1 Å². The molecular formula is C18H26N2O3. The summed E-state index contributed by atoms with van der Waals surface area (Å²) in [7, 11) is 0. The fourth-order valence-corrected chi connectivity index (χ4v) is 3.34. The van der Waals surface area contributed by atoms with Crippen LogP contribution < -0.4 is 10.5 Å². The number of carbonyl (C=O) groups is 1. The van der Waals surface area contributed by atoms with E-state index >= 15 is 0 Å². The molecule has 0 aromatic heterocycles. The quantitative estimate of drug-likeness (QED) is 0.904. The topological polar surface area (TPSA) is 64.8 Å². The van der Waals surface area contributed by atoms with Crippen molar-refractivity contribution >= 4 is 5.91 Å². The number of hydrogen-bond donors (Lipinski definition) is 1. The lowest BCUT2D eigenvalue weighted by Gasteiger charge is -2.35. The summed E-state index contributed by atoms with van der Waals surface area (Å²) in [4.78, 5) is 14.6. The molecule has 23 heavy (non-hydrogen) atoms. The van der Waals surface area contributed by atoms with Crippen LogP contribution in [0.25, 0.3) is 0 Å². The highest BCUT2D eigenvalue weighted by Gasteiger charge is 2.26. The first-order valence-electron chi connectivity index (χ1n) is 8.63. The van der Waals surface area contributed by atoms with Gasteiger partial charge in [-0.25, -0.2) is 0 Å². The molecule has 1 amide bonds. The first-order valence-corrected chi connectivity index (χ1v) is 8.63. The van der Waals surface area contributed by atoms with Crippen LogP contribution in [0.2, 0.25) is 0 Å². The molecule has 0 bridgehead atoms. The molecular weight excluding hydrogens is 292 g/mol. The predicted octanol–water partition coefficient (Wildman–Crippen LogP) is 2.20. The first kappa shape index (κ1) is 16.3. The molecule has 3 rings (SSSR count). The van der Waals surface area contributed by atoms with Gasteiger partial charge in [-0.2, -0.15) is 0 Å². The van der Waals surface area contributed by atoms with Gasteiger partial charge in [0.1, 0.15) is 12.4 Å². The van der Waals surface area contributed by atoms with Crippen LogP contribution >= 0.6 is 0 Å². The van der Waals surface area contributed by atoms with Gasteiger partial charge in [0, 0.05) is 31.3 Å². The van der Waals surface area contributed by atoms with E-state index in [0.717, 1.165) is 51.0 Å². The number of carbonyl (C=O) groups excluding carboxylic acids is 1. The van der Waals surface area contributed by atoms with E-state index in [2.05, 4.69) is 0 Å². The first-order chi connectivity index (χ1) is 11.3. The third kappa shape index (κ3) is 4.03. The SMILES string of the molecule is NCC1CCCCN1C(=O)c1ccc(OCC2CCCO2)cc1. The molecule has 2 saturated heterocycles. The van der Waals surface area contributed by atoms with Gasteiger partial charge in [-0.05, 0) is 56.4 Å². The maximum absolute atomic E-state index is 12.7. The largest absolute Gasteiger partial charge is 0.491 e. The maximum Gasteiger partial charge on any atom is 0.254 e. The van der Waals surface area contributed by atoms with Gasteiger partial charge in [0.2, 0.25) is 0 Å². The van der Waals surface area contributed by atoms with Gasteiger partial charge < -0.3 is 20.1 Å². The standard InChI is InChI=1S/C18H26N2O3/c19-12-15-4-1-2-10-20(15)18(21)14-6-8-16(9-7-14)23-13-17-5-3-11-22-17/h6-9,15,17H,1-5,10-13,19H2. The number of hydrogen-bond acceptors (Lipinski definition) is 4. The van der Waals surface area contributed by atoms with Crippen molar-refractivity contribution in [2.45, 2.75) is 44.2 Å². The molecule has 2 aliphatic heterocycles. The van der Waals surface area contributed by atoms with E-state index in [4.69, 9.17) is 15.2 Å². The van der Waals surface area contributed by atoms with E-state index in [1.807, 2.05) is 29.2 Å². The van der Waals surface area contributed by atoms with Crippen molar-refractivity contribution in [3.05, 3.63) is 29.8 Å². The van der Waals surface area contributed by atoms with Crippen LogP contribution in [0.15, 0.2) is 24.3 Å². The predicted molar refractivity (Wildman–Crippen MR) is 88.6 cm³/mol. The third-order valence-corrected chi connectivity index (χ3v) is 4.72. The Kier molecular flexibility index (Phi) is 5.51. The third-order valence-electron chi connectivity index (χ3n) is 4.72. The van der Waals surface area contributed by atoms with Crippen molar-refractivity contribution in [1.82, 2.24) is 4.90 Å². The minimum Gasteiger partial charge on any atom is -0.491 e. The molecule has 2 fully saturated rings. The Balaban J connectivity index is 1.58. The Bertz CT molecular complexity index is 512. The van der Waals surface area contributed by atoms with E-state index in [0.29, 0.717) is 18.7 Å². The number of piperidine rings is 1. The molecule has 0 spiro atoms. The molecule has 5 nitrogen and oxygen atoms in total. The van der Waals surface area contributed by atoms with Crippen molar-refractivity contribution in [2.75, 3.05) is 26.3 Å². The van der Waals surface area contributed by atoms with E-state index in [9.17, 15) is 4.79 Å². The Morgan fingerprint density at radius 1 is 1.22 bits per heavy atom. The highest BCUT2D eigenvalue weighted by atomic mass is 16.5. The van der Waals surface area contributed by atoms with Crippen molar-refractivity contribution < 1.29 is 14.3 Å². The minimum atomic E-state index is 0.0748. The number of amides is 1. The van der Waals surface area contributed by atoms with Gasteiger partial charge in [-0.1, -0.05) is 0 Å². The van der Waals surface area contributed by atoms with Gasteiger partial charge in [-0.3, -0.25) is 4.79 Å². The molecule has 5 heteroatoms. The molecule has 126 valence electrons. The lowest BCUT2D eigenvalue weighted by Crippen LogP contribution is -2.47. The molecule has 2 aliphatic rings. The summed E-state index contributed by atoms with van der Waals surface area (Å²) in [6.07, 6.45) is 5.60. The summed E-state index contributed by atoms with van der Waals surface area (Å²) in [5.74, 6) is 0.858. The van der Waals surface area contributed by atoms with Crippen LogP contribution in [-0.4, -0.2) is 49.3 Å². The number of nitrogens with two attached hydrogens (primary N) is 1. The van der Waals surface area contributed by atoms with Crippen LogP contribution in [0.5, 0.6) is 5.75 Å². The monoisotopic (exact) mass is 318 g/mol. The normalized spacial score (nSPS) is 24.7. The summed E-state index contributed by atoms with van der Waals surface area (Å²) in [5.41, 5.74) is 6.51. The fourth-order valence-electron chi connectivity index (χ4n) is 3.34. The molecule has 2 unspecified atom stereocenters. The minimum absolute atomic E-state index is 0.0748. The van der Waals surface area contributed by atoms with Crippen molar-refractivity contribution in [2.24, 2.45) is 5.73 Å². The number of ether oxygens (including phenoxy) is 2. The molecule has 2 heterocycles. The summed E-state index contributed by atoms with van der Waals surface area (Å²) < 4.78 is 11.3. The van der Waals surface area contributed by atoms with Gasteiger partial charge in [0.25, 0.3) is 5.91 Å². The van der Waals surface area contributed by atoms with Crippen LogP contribution in [0.3, 0.4) is 0 Å². The highest BCUT2D eigenvalue weighted by Crippen LogP contribution is 2.21. The van der Waals surface area contributed by atoms with Crippen molar-refractivity contribution in [1.29, 1.82) is 0 Å². The van der Waals surface area contributed by atoms with E-state index in [1.54, 1.807) is 0 Å². The summed E-state index contributed by atoms with van der Waals surface area (Å²) >= 11 is 0. The molecule has 2 N–H and O–H groups in total. The Labute approximate surface area is 137 Å². The molecule has 1 aromatic carbocycles. The zero-order valence-corrected chi connectivity index (χ0v) is 13.6. The van der Waals surface area contributed by atoms with Gasteiger partial charge >= 0.3 is 0 Å². The zero-order valence-electron chi connectivity index (χ0n) is 13.6. The second kappa shape index (κ2) is 7.79. The van der Waals surface area contributed by atoms with Crippen LogP contribution in [0.4, 0.5) is 0 Å². The Morgan fingerprint density at radius 3 is 2.74 bits per heavy atom. The second-order valence-corrected chi connectivity index (χ2v) is 6.35. The summed E-state index contributed by atoms with van der Waals surface area (Å²) in [6, 6.07) is 7.59. The molecule has 2 atom stereocenters. The lowest BCUT2D eigenvalue weighted by molar-refractivity contribution is 0.0622. The highest BCUT2D eigenvalue weighted by molar-refractivity contribution is 5.94. The van der Waals surface area contributed by atoms with Crippen LogP contribution in [0.1, 0.15) is 42.5 Å². The average molecular weight is 318 g/mol. The van der Waals surface area contributed by atoms with Gasteiger partial charge in [-0.15, -0.1) is 0 Å². The van der Waals surface area contributed by atoms with E-state index < -0.39 is 0 Å². The van der Waals surface area contributed by atoms with Gasteiger partial charge in [0.15, 0.2) is 0 Å². The number of benzene rings is 1. The summed E-state index contributed by atoms with van der Waals surface area (Å²) in [6.45, 7) is 2.75. The lowest BCUT2D eigenvalue weighted by atomic mass is 10.0. The zero-order chi connectivity index (χ0) is 16.1. The Morgan fingerprint density at radius 2 is 2.04 bits per heavy atom. The van der Waals surface area contributed by atoms with Crippen LogP contribution in [-0.2, 0) is 4.74 Å². The number of rotatable bonds is 5. The van der Waals surface area contributed by atoms with E-state index in [1.165, 1.54) is 0 Å². The smallest absolute Gasteiger partial charge is 0.254 e. The number of likely N-dealkylation sites (tertiary alicyclic amines) is 1. The molecule has 1 aromatic rings. The number of nitrogens with zero attached hydrogens (tertiary/aromatic N) is 1. The second-order valence-electron chi connectivity index (χ2n) is 6.35. The van der Waals surface area contributed by atoms with Gasteiger partial charge in [0.05, 0.1) is 6.10 Å². The Hall–Kier alpha value is -1.59. The van der Waals surface area contributed by atoms with Crippen molar-refractivity contribution in [3.8, 4) is 5.75 Å². The average Bonchev–Trinajstić information content (AvgIpc) is 3.13. The molecule has 0 radical (unpaired) electrons. The summed E-state index contributed by atoms with van der Waals surface area (Å²) in [5, 5.41) is 0. The maximum atomic E-state index is 12.7. The molecule has 0 saturated carbocycles. The van der Waals surface area contributed by atoms with Crippen LogP contribution in [0, 0.1) is 0 Å². The fraction of sp³-hybridized carbons (Fsp3) is 0.611. The molecule has 0 aliphatic carbocycles. The van der Waals surface area contributed by atoms with Crippen molar-refractivity contribution in [3.63, 3.8) is 0 Å².